The summed E-state index contributed by atoms with van der Waals surface area (Å²) in [7, 11) is 0. The summed E-state index contributed by atoms with van der Waals surface area (Å²) in [6.45, 7) is -0.781. The van der Waals surface area contributed by atoms with Gasteiger partial charge in [0.15, 0.2) is 0 Å². The summed E-state index contributed by atoms with van der Waals surface area (Å²) in [5, 5.41) is 3.67. The van der Waals surface area contributed by atoms with Crippen LogP contribution >= 0.6 is 22.5 Å². The summed E-state index contributed by atoms with van der Waals surface area (Å²) < 4.78 is 5.57. The molecular formula is C23H22BrO2P. The van der Waals surface area contributed by atoms with Gasteiger partial charge >= 0.3 is 169 Å². The summed E-state index contributed by atoms with van der Waals surface area (Å²) in [5.74, 6) is -0.117. The molecular weight excluding hydrogens is 419 g/mol. The van der Waals surface area contributed by atoms with Crippen LogP contribution in [0.15, 0.2) is 91.0 Å². The van der Waals surface area contributed by atoms with E-state index in [1.807, 2.05) is 25.1 Å². The summed E-state index contributed by atoms with van der Waals surface area (Å²) >= 11 is 3.97. The maximum atomic E-state index is 13.1. The summed E-state index contributed by atoms with van der Waals surface area (Å²) in [4.78, 5) is 13.1. The van der Waals surface area contributed by atoms with Crippen molar-refractivity contribution in [3.8, 4) is 0 Å². The van der Waals surface area contributed by atoms with E-state index >= 15 is 0 Å². The average Bonchev–Trinajstić information content (AvgIpc) is 3.32. The van der Waals surface area contributed by atoms with E-state index in [1.165, 1.54) is 15.9 Å². The molecule has 0 bridgehead atoms. The molecule has 1 aliphatic rings. The van der Waals surface area contributed by atoms with Crippen molar-refractivity contribution >= 4 is 44.4 Å². The molecule has 2 unspecified atom stereocenters. The van der Waals surface area contributed by atoms with Crippen LogP contribution in [0.2, 0.25) is 0 Å². The first-order valence-electron chi connectivity index (χ1n) is 9.16. The van der Waals surface area contributed by atoms with Crippen LogP contribution in [0.25, 0.3) is 0 Å². The zero-order valence-corrected chi connectivity index (χ0v) is 17.6. The third-order valence-corrected chi connectivity index (χ3v) is 16.1. The number of esters is 1. The Hall–Kier alpha value is -1.96. The van der Waals surface area contributed by atoms with E-state index in [4.69, 9.17) is 4.74 Å². The van der Waals surface area contributed by atoms with Crippen molar-refractivity contribution in [3.63, 3.8) is 0 Å². The van der Waals surface area contributed by atoms with E-state index < -0.39 is 6.60 Å². The molecule has 0 spiro atoms. The van der Waals surface area contributed by atoms with Crippen LogP contribution in [0.5, 0.6) is 0 Å². The third-order valence-electron chi connectivity index (χ3n) is 5.73. The SMILES string of the molecule is CCOC(=O)C1C(Br)P1(c1ccccc1)(c1ccccc1)c1ccccc1. The topological polar surface area (TPSA) is 26.3 Å². The van der Waals surface area contributed by atoms with E-state index in [9.17, 15) is 4.79 Å². The fourth-order valence-electron chi connectivity index (χ4n) is 4.56. The molecule has 1 heterocycles. The van der Waals surface area contributed by atoms with E-state index in [-0.39, 0.29) is 16.2 Å². The van der Waals surface area contributed by atoms with Crippen LogP contribution in [-0.4, -0.2) is 22.8 Å². The zero-order chi connectivity index (χ0) is 18.9. The molecule has 3 aromatic rings. The molecule has 1 aliphatic heterocycles. The summed E-state index contributed by atoms with van der Waals surface area (Å²) in [6, 6.07) is 31.5. The van der Waals surface area contributed by atoms with E-state index in [0.29, 0.717) is 6.61 Å². The molecule has 27 heavy (non-hydrogen) atoms. The fraction of sp³-hybridized carbons (Fsp3) is 0.174. The number of benzene rings is 3. The first kappa shape index (κ1) is 18.4. The molecule has 1 fully saturated rings. The quantitative estimate of drug-likeness (QED) is 0.338. The molecule has 0 radical (unpaired) electrons. The predicted molar refractivity (Wildman–Crippen MR) is 118 cm³/mol. The second-order valence-electron chi connectivity index (χ2n) is 6.84. The molecule has 0 amide bonds. The Morgan fingerprint density at radius 1 is 0.815 bits per heavy atom. The van der Waals surface area contributed by atoms with E-state index in [0.717, 1.165) is 0 Å². The fourth-order valence-corrected chi connectivity index (χ4v) is 15.9. The first-order chi connectivity index (χ1) is 13.2. The standard InChI is InChI=1S/C23H22BrO2P/c1-2-26-23(25)21-22(24)27(21,18-12-6-3-7-13-18,19-14-8-4-9-15-19)20-16-10-5-11-17-20/h3-17,21-22H,2H2,1H3. The van der Waals surface area contributed by atoms with Crippen molar-refractivity contribution in [3.05, 3.63) is 91.0 Å². The Morgan fingerprint density at radius 3 is 1.52 bits per heavy atom. The van der Waals surface area contributed by atoms with Gasteiger partial charge in [0.2, 0.25) is 0 Å². The molecule has 2 atom stereocenters. The van der Waals surface area contributed by atoms with Gasteiger partial charge in [0.05, 0.1) is 0 Å². The molecule has 0 aliphatic carbocycles. The second-order valence-corrected chi connectivity index (χ2v) is 13.7. The Morgan fingerprint density at radius 2 is 1.19 bits per heavy atom. The molecule has 138 valence electrons. The average molecular weight is 441 g/mol. The molecule has 3 aromatic carbocycles. The van der Waals surface area contributed by atoms with Crippen LogP contribution in [0.3, 0.4) is 0 Å². The van der Waals surface area contributed by atoms with Crippen molar-refractivity contribution in [2.45, 2.75) is 17.2 Å². The van der Waals surface area contributed by atoms with Gasteiger partial charge in [-0.2, -0.15) is 0 Å². The number of ether oxygens (including phenoxy) is 1. The third kappa shape index (κ3) is 2.31. The predicted octanol–water partition coefficient (Wildman–Crippen LogP) is 4.18. The number of rotatable bonds is 5. The minimum atomic E-state index is -3.04. The van der Waals surface area contributed by atoms with Gasteiger partial charge in [0, 0.05) is 0 Å². The Labute approximate surface area is 168 Å². The molecule has 4 heteroatoms. The summed E-state index contributed by atoms with van der Waals surface area (Å²) in [5.41, 5.74) is -0.219. The Balaban J connectivity index is 2.11. The van der Waals surface area contributed by atoms with Crippen LogP contribution in [0.1, 0.15) is 6.92 Å². The van der Waals surface area contributed by atoms with Crippen LogP contribution in [-0.2, 0) is 9.53 Å². The van der Waals surface area contributed by atoms with Gasteiger partial charge in [-0.1, -0.05) is 0 Å². The van der Waals surface area contributed by atoms with Gasteiger partial charge in [-0.3, -0.25) is 0 Å². The van der Waals surface area contributed by atoms with Gasteiger partial charge in [-0.15, -0.1) is 0 Å². The number of carbonyl (C=O) groups is 1. The number of hydrogen-bond acceptors (Lipinski definition) is 2. The molecule has 0 aromatic heterocycles. The van der Waals surface area contributed by atoms with Crippen molar-refractivity contribution in [2.75, 3.05) is 6.61 Å². The molecule has 2 nitrogen and oxygen atoms in total. The zero-order valence-electron chi connectivity index (χ0n) is 15.2. The Bertz CT molecular complexity index is 844. The maximum absolute atomic E-state index is 13.1. The number of halogens is 1. The molecule has 0 N–H and O–H groups in total. The van der Waals surface area contributed by atoms with Gasteiger partial charge in [0.25, 0.3) is 0 Å². The van der Waals surface area contributed by atoms with E-state index in [1.54, 1.807) is 0 Å². The molecule has 0 saturated carbocycles. The van der Waals surface area contributed by atoms with Crippen molar-refractivity contribution in [1.82, 2.24) is 0 Å². The van der Waals surface area contributed by atoms with Gasteiger partial charge in [-0.05, 0) is 0 Å². The minimum absolute atomic E-state index is 0.0229. The molecule has 1 saturated heterocycles. The Kier molecular flexibility index (Phi) is 4.70. The van der Waals surface area contributed by atoms with Gasteiger partial charge in [0.1, 0.15) is 0 Å². The van der Waals surface area contributed by atoms with Crippen molar-refractivity contribution in [2.24, 2.45) is 0 Å². The first-order valence-corrected chi connectivity index (χ1v) is 12.5. The number of carbonyl (C=O) groups excluding carboxylic acids is 1. The van der Waals surface area contributed by atoms with Gasteiger partial charge in [-0.25, -0.2) is 0 Å². The monoisotopic (exact) mass is 440 g/mol. The summed E-state index contributed by atoms with van der Waals surface area (Å²) in [6.07, 6.45) is 0. The van der Waals surface area contributed by atoms with Crippen LogP contribution in [0.4, 0.5) is 0 Å². The van der Waals surface area contributed by atoms with E-state index in [2.05, 4.69) is 88.7 Å². The number of alkyl halides is 1. The van der Waals surface area contributed by atoms with Crippen molar-refractivity contribution in [1.29, 1.82) is 0 Å². The second kappa shape index (κ2) is 6.89. The van der Waals surface area contributed by atoms with Crippen LogP contribution < -0.4 is 15.9 Å². The van der Waals surface area contributed by atoms with Crippen LogP contribution in [0, 0.1) is 0 Å². The van der Waals surface area contributed by atoms with Gasteiger partial charge < -0.3 is 0 Å². The molecule has 4 rings (SSSR count). The normalized spacial score (nSPS) is 23.6. The number of hydrogen-bond donors (Lipinski definition) is 0. The van der Waals surface area contributed by atoms with Crippen molar-refractivity contribution < 1.29 is 9.53 Å².